The molecule has 2 heteroatoms. The number of fused-ring (bicyclic) bond motifs is 3. The van der Waals surface area contributed by atoms with E-state index in [0.29, 0.717) is 0 Å². The summed E-state index contributed by atoms with van der Waals surface area (Å²) in [4.78, 5) is 0. The van der Waals surface area contributed by atoms with Crippen molar-refractivity contribution in [3.8, 4) is 33.8 Å². The highest BCUT2D eigenvalue weighted by Gasteiger charge is 2.42. The van der Waals surface area contributed by atoms with Gasteiger partial charge in [0.25, 0.3) is 0 Å². The maximum Gasteiger partial charge on any atom is 0.118 e. The second-order valence-electron chi connectivity index (χ2n) is 7.67. The highest BCUT2D eigenvalue weighted by Crippen LogP contribution is 2.55. The van der Waals surface area contributed by atoms with E-state index in [0.717, 1.165) is 11.3 Å². The van der Waals surface area contributed by atoms with Crippen LogP contribution in [0.2, 0.25) is 0 Å². The zero-order chi connectivity index (χ0) is 20.0. The Labute approximate surface area is 171 Å². The molecule has 0 aromatic heterocycles. The molecule has 4 aromatic carbocycles. The summed E-state index contributed by atoms with van der Waals surface area (Å²) in [7, 11) is 1.69. The molecule has 0 amide bonds. The molecule has 0 heterocycles. The number of hydrogen-bond donors (Lipinski definition) is 1. The van der Waals surface area contributed by atoms with Gasteiger partial charge in [0.05, 0.1) is 7.11 Å². The lowest BCUT2D eigenvalue weighted by atomic mass is 9.72. The molecule has 29 heavy (non-hydrogen) atoms. The molecule has 142 valence electrons. The van der Waals surface area contributed by atoms with Crippen LogP contribution in [-0.4, -0.2) is 12.2 Å². The minimum absolute atomic E-state index is 0.280. The molecule has 1 aliphatic carbocycles. The fourth-order valence-corrected chi connectivity index (χ4v) is 4.71. The molecule has 1 aliphatic rings. The van der Waals surface area contributed by atoms with Crippen LogP contribution in [0.4, 0.5) is 0 Å². The number of aromatic hydroxyl groups is 1. The quantitative estimate of drug-likeness (QED) is 0.447. The standard InChI is InChI=1S/C27H22O2/c1-27(19-12-16-21(29-2)17-13-19)25-9-4-3-6-23(25)24-8-5-7-22(26(24)27)18-10-14-20(28)15-11-18/h3-17,28H,1-2H3. The highest BCUT2D eigenvalue weighted by molar-refractivity contribution is 5.90. The van der Waals surface area contributed by atoms with Crippen molar-refractivity contribution in [1.82, 2.24) is 0 Å². The van der Waals surface area contributed by atoms with E-state index in [1.807, 2.05) is 24.3 Å². The number of rotatable bonds is 3. The molecule has 0 spiro atoms. The Morgan fingerprint density at radius 2 is 1.34 bits per heavy atom. The first kappa shape index (κ1) is 17.6. The molecule has 1 N–H and O–H groups in total. The van der Waals surface area contributed by atoms with Crippen LogP contribution in [0.15, 0.2) is 91.0 Å². The molecule has 4 aromatic rings. The van der Waals surface area contributed by atoms with Crippen molar-refractivity contribution in [2.45, 2.75) is 12.3 Å². The maximum absolute atomic E-state index is 9.76. The van der Waals surface area contributed by atoms with Crippen molar-refractivity contribution < 1.29 is 9.84 Å². The third-order valence-corrected chi connectivity index (χ3v) is 6.17. The molecule has 2 nitrogen and oxygen atoms in total. The Bertz CT molecular complexity index is 1190. The topological polar surface area (TPSA) is 29.5 Å². The second kappa shape index (κ2) is 6.52. The van der Waals surface area contributed by atoms with Crippen molar-refractivity contribution in [2.24, 2.45) is 0 Å². The summed E-state index contributed by atoms with van der Waals surface area (Å²) in [6.07, 6.45) is 0. The third-order valence-electron chi connectivity index (χ3n) is 6.17. The van der Waals surface area contributed by atoms with Gasteiger partial charge < -0.3 is 9.84 Å². The van der Waals surface area contributed by atoms with Gasteiger partial charge >= 0.3 is 0 Å². The Hall–Kier alpha value is -3.52. The molecule has 1 unspecified atom stereocenters. The van der Waals surface area contributed by atoms with Crippen LogP contribution in [0.5, 0.6) is 11.5 Å². The van der Waals surface area contributed by atoms with E-state index in [1.54, 1.807) is 19.2 Å². The smallest absolute Gasteiger partial charge is 0.118 e. The average molecular weight is 378 g/mol. The highest BCUT2D eigenvalue weighted by atomic mass is 16.5. The van der Waals surface area contributed by atoms with E-state index in [2.05, 4.69) is 61.5 Å². The molecule has 1 atom stereocenters. The molecular formula is C27H22O2. The Morgan fingerprint density at radius 1 is 0.690 bits per heavy atom. The predicted octanol–water partition coefficient (Wildman–Crippen LogP) is 6.40. The van der Waals surface area contributed by atoms with E-state index in [1.165, 1.54) is 33.4 Å². The summed E-state index contributed by atoms with van der Waals surface area (Å²) < 4.78 is 5.38. The van der Waals surface area contributed by atoms with Crippen LogP contribution in [0, 0.1) is 0 Å². The molecule has 0 radical (unpaired) electrons. The fourth-order valence-electron chi connectivity index (χ4n) is 4.71. The van der Waals surface area contributed by atoms with Gasteiger partial charge in [0.1, 0.15) is 11.5 Å². The lowest BCUT2D eigenvalue weighted by molar-refractivity contribution is 0.414. The number of ether oxygens (including phenoxy) is 1. The van der Waals surface area contributed by atoms with Gasteiger partial charge in [-0.25, -0.2) is 0 Å². The Kier molecular flexibility index (Phi) is 3.95. The molecule has 5 rings (SSSR count). The normalized spacial score (nSPS) is 16.9. The number of benzene rings is 4. The Balaban J connectivity index is 1.82. The van der Waals surface area contributed by atoms with Crippen LogP contribution in [0.1, 0.15) is 23.6 Å². The van der Waals surface area contributed by atoms with Crippen molar-refractivity contribution in [3.05, 3.63) is 108 Å². The summed E-state index contributed by atoms with van der Waals surface area (Å²) in [6.45, 7) is 2.31. The van der Waals surface area contributed by atoms with E-state index >= 15 is 0 Å². The van der Waals surface area contributed by atoms with E-state index in [4.69, 9.17) is 4.74 Å². The van der Waals surface area contributed by atoms with Crippen LogP contribution in [0.25, 0.3) is 22.3 Å². The van der Waals surface area contributed by atoms with Crippen LogP contribution in [0.3, 0.4) is 0 Å². The lowest BCUT2D eigenvalue weighted by Gasteiger charge is -2.30. The van der Waals surface area contributed by atoms with Crippen molar-refractivity contribution in [3.63, 3.8) is 0 Å². The van der Waals surface area contributed by atoms with Gasteiger partial charge in [0, 0.05) is 5.41 Å². The van der Waals surface area contributed by atoms with Gasteiger partial charge in [0.2, 0.25) is 0 Å². The number of methoxy groups -OCH3 is 1. The maximum atomic E-state index is 9.76. The molecule has 0 aliphatic heterocycles. The summed E-state index contributed by atoms with van der Waals surface area (Å²) in [5.41, 5.74) is 8.40. The predicted molar refractivity (Wildman–Crippen MR) is 118 cm³/mol. The van der Waals surface area contributed by atoms with Gasteiger partial charge in [-0.15, -0.1) is 0 Å². The minimum atomic E-state index is -0.285. The van der Waals surface area contributed by atoms with Crippen molar-refractivity contribution in [2.75, 3.05) is 7.11 Å². The van der Waals surface area contributed by atoms with E-state index in [9.17, 15) is 5.11 Å². The van der Waals surface area contributed by atoms with Crippen LogP contribution < -0.4 is 4.74 Å². The first-order valence-corrected chi connectivity index (χ1v) is 9.80. The monoisotopic (exact) mass is 378 g/mol. The molecular weight excluding hydrogens is 356 g/mol. The van der Waals surface area contributed by atoms with E-state index in [-0.39, 0.29) is 11.2 Å². The van der Waals surface area contributed by atoms with E-state index < -0.39 is 0 Å². The summed E-state index contributed by atoms with van der Waals surface area (Å²) in [6, 6.07) is 31.1. The summed E-state index contributed by atoms with van der Waals surface area (Å²) >= 11 is 0. The van der Waals surface area contributed by atoms with Crippen molar-refractivity contribution >= 4 is 0 Å². The van der Waals surface area contributed by atoms with Gasteiger partial charge in [-0.2, -0.15) is 0 Å². The first-order valence-electron chi connectivity index (χ1n) is 9.80. The zero-order valence-corrected chi connectivity index (χ0v) is 16.5. The number of phenols is 1. The zero-order valence-electron chi connectivity index (χ0n) is 16.5. The molecule has 0 bridgehead atoms. The fraction of sp³-hybridized carbons (Fsp3) is 0.111. The van der Waals surface area contributed by atoms with Crippen LogP contribution in [-0.2, 0) is 5.41 Å². The average Bonchev–Trinajstić information content (AvgIpc) is 3.05. The Morgan fingerprint density at radius 3 is 2.07 bits per heavy atom. The minimum Gasteiger partial charge on any atom is -0.508 e. The van der Waals surface area contributed by atoms with Gasteiger partial charge in [0.15, 0.2) is 0 Å². The third kappa shape index (κ3) is 2.56. The largest absolute Gasteiger partial charge is 0.508 e. The van der Waals surface area contributed by atoms with Crippen LogP contribution >= 0.6 is 0 Å². The number of hydrogen-bond acceptors (Lipinski definition) is 2. The van der Waals surface area contributed by atoms with Gasteiger partial charge in [-0.3, -0.25) is 0 Å². The van der Waals surface area contributed by atoms with Crippen molar-refractivity contribution in [1.29, 1.82) is 0 Å². The SMILES string of the molecule is COc1ccc(C2(C)c3ccccc3-c3cccc(-c4ccc(O)cc4)c32)cc1. The van der Waals surface area contributed by atoms with Gasteiger partial charge in [-0.05, 0) is 70.1 Å². The number of phenolic OH excluding ortho intramolecular Hbond substituents is 1. The lowest BCUT2D eigenvalue weighted by Crippen LogP contribution is -2.23. The van der Waals surface area contributed by atoms with Gasteiger partial charge in [-0.1, -0.05) is 66.7 Å². The molecule has 0 saturated carbocycles. The first-order chi connectivity index (χ1) is 14.1. The molecule has 0 fully saturated rings. The molecule has 0 saturated heterocycles. The summed E-state index contributed by atoms with van der Waals surface area (Å²) in [5, 5.41) is 9.76. The second-order valence-corrected chi connectivity index (χ2v) is 7.67. The summed E-state index contributed by atoms with van der Waals surface area (Å²) in [5.74, 6) is 1.14.